The van der Waals surface area contributed by atoms with Gasteiger partial charge in [-0.15, -0.1) is 0 Å². The highest BCUT2D eigenvalue weighted by Crippen LogP contribution is 2.33. The molecule has 0 radical (unpaired) electrons. The highest BCUT2D eigenvalue weighted by Gasteiger charge is 2.23. The molecule has 0 spiro atoms. The van der Waals surface area contributed by atoms with Crippen LogP contribution in [0.3, 0.4) is 0 Å². The molecule has 2 N–H and O–H groups in total. The summed E-state index contributed by atoms with van der Waals surface area (Å²) in [7, 11) is 0. The van der Waals surface area contributed by atoms with Crippen molar-refractivity contribution < 1.29 is 0 Å². The van der Waals surface area contributed by atoms with Crippen LogP contribution in [-0.4, -0.2) is 0 Å². The largest absolute Gasteiger partial charge is 0.384 e. The summed E-state index contributed by atoms with van der Waals surface area (Å²) in [4.78, 5) is 0. The molecule has 2 heterocycles. The Morgan fingerprint density at radius 3 is 1.67 bits per heavy atom. The normalized spacial score (nSPS) is 21.9. The maximum absolute atomic E-state index is 3.51. The fourth-order valence-electron chi connectivity index (χ4n) is 3.27. The summed E-state index contributed by atoms with van der Waals surface area (Å²) in [5.41, 5.74) is 5.41. The lowest BCUT2D eigenvalue weighted by Crippen LogP contribution is -2.27. The Balaban J connectivity index is 1.63. The molecule has 0 saturated heterocycles. The molecule has 21 heavy (non-hydrogen) atoms. The zero-order chi connectivity index (χ0) is 14.1. The van der Waals surface area contributed by atoms with Crippen LogP contribution < -0.4 is 10.6 Å². The minimum atomic E-state index is 0.350. The van der Waals surface area contributed by atoms with Gasteiger partial charge < -0.3 is 10.6 Å². The molecule has 2 aromatic carbocycles. The summed E-state index contributed by atoms with van der Waals surface area (Å²) in [5.74, 6) is 0. The van der Waals surface area contributed by atoms with E-state index < -0.39 is 0 Å². The molecule has 0 fully saturated rings. The Kier molecular flexibility index (Phi) is 3.00. The molecule has 0 aromatic heterocycles. The smallest absolute Gasteiger partial charge is 0.0537 e. The van der Waals surface area contributed by atoms with Gasteiger partial charge in [-0.3, -0.25) is 0 Å². The number of hydrogen-bond donors (Lipinski definition) is 2. The van der Waals surface area contributed by atoms with Gasteiger partial charge in [0.25, 0.3) is 0 Å². The Morgan fingerprint density at radius 2 is 1.14 bits per heavy atom. The number of hydrogen-bond acceptors (Lipinski definition) is 2. The van der Waals surface area contributed by atoms with Gasteiger partial charge in [0.1, 0.15) is 0 Å². The van der Waals surface area contributed by atoms with E-state index in [1.165, 1.54) is 22.3 Å². The van der Waals surface area contributed by atoms with Crippen LogP contribution in [0.4, 0.5) is 0 Å². The molecule has 2 unspecified atom stereocenters. The average Bonchev–Trinajstić information content (AvgIpc) is 2.56. The Hall–Kier alpha value is -2.48. The Bertz CT molecular complexity index is 654. The maximum atomic E-state index is 3.51. The number of rotatable bonds is 2. The van der Waals surface area contributed by atoms with E-state index in [4.69, 9.17) is 0 Å². The van der Waals surface area contributed by atoms with Gasteiger partial charge in [0.15, 0.2) is 0 Å². The van der Waals surface area contributed by atoms with Gasteiger partial charge in [-0.05, 0) is 53.2 Å². The van der Waals surface area contributed by atoms with Crippen LogP contribution in [-0.2, 0) is 0 Å². The second-order valence-electron chi connectivity index (χ2n) is 5.60. The first-order valence-electron chi connectivity index (χ1n) is 7.45. The third-order valence-corrected chi connectivity index (χ3v) is 4.33. The van der Waals surface area contributed by atoms with Crippen molar-refractivity contribution in [3.05, 3.63) is 83.2 Å². The highest BCUT2D eigenvalue weighted by molar-refractivity contribution is 5.58. The van der Waals surface area contributed by atoms with Gasteiger partial charge in [0, 0.05) is 0 Å². The third-order valence-electron chi connectivity index (χ3n) is 4.33. The minimum Gasteiger partial charge on any atom is -0.384 e. The zero-order valence-electron chi connectivity index (χ0n) is 11.8. The minimum absolute atomic E-state index is 0.350. The van der Waals surface area contributed by atoms with Crippen LogP contribution in [0.1, 0.15) is 40.8 Å². The van der Waals surface area contributed by atoms with Gasteiger partial charge in [0.05, 0.1) is 12.1 Å². The molecule has 2 atom stereocenters. The van der Waals surface area contributed by atoms with Crippen molar-refractivity contribution in [2.75, 3.05) is 0 Å². The summed E-state index contributed by atoms with van der Waals surface area (Å²) >= 11 is 0. The molecule has 4 rings (SSSR count). The Morgan fingerprint density at radius 1 is 0.667 bits per heavy atom. The molecule has 0 bridgehead atoms. The van der Waals surface area contributed by atoms with Gasteiger partial charge in [-0.25, -0.2) is 0 Å². The molecule has 2 heteroatoms. The van der Waals surface area contributed by atoms with Crippen molar-refractivity contribution in [1.29, 1.82) is 0 Å². The Labute approximate surface area is 125 Å². The van der Waals surface area contributed by atoms with E-state index in [9.17, 15) is 0 Å². The van der Waals surface area contributed by atoms with E-state index in [0.717, 1.165) is 6.42 Å². The van der Waals surface area contributed by atoms with Crippen LogP contribution in [0.2, 0.25) is 0 Å². The predicted octanol–water partition coefficient (Wildman–Crippen LogP) is 4.01. The second kappa shape index (κ2) is 5.13. The molecule has 2 nitrogen and oxygen atoms in total. The SMILES string of the molecule is C1=Cc2ccccc2C(CC2NC=Cc3ccccc32)N1. The van der Waals surface area contributed by atoms with E-state index in [0.29, 0.717) is 12.1 Å². The van der Waals surface area contributed by atoms with Crippen LogP contribution in [0.25, 0.3) is 12.2 Å². The zero-order valence-corrected chi connectivity index (χ0v) is 11.8. The van der Waals surface area contributed by atoms with Crippen LogP contribution >= 0.6 is 0 Å². The monoisotopic (exact) mass is 274 g/mol. The van der Waals surface area contributed by atoms with E-state index in [1.54, 1.807) is 0 Å². The third kappa shape index (κ3) is 2.23. The summed E-state index contributed by atoms with van der Waals surface area (Å²) < 4.78 is 0. The molecular formula is C19H18N2. The van der Waals surface area contributed by atoms with E-state index in [-0.39, 0.29) is 0 Å². The molecule has 0 saturated carbocycles. The van der Waals surface area contributed by atoms with Crippen molar-refractivity contribution in [2.45, 2.75) is 18.5 Å². The highest BCUT2D eigenvalue weighted by atomic mass is 14.9. The molecule has 104 valence electrons. The molecular weight excluding hydrogens is 256 g/mol. The lowest BCUT2D eigenvalue weighted by molar-refractivity contribution is 0.463. The van der Waals surface area contributed by atoms with Crippen molar-refractivity contribution in [1.82, 2.24) is 10.6 Å². The van der Waals surface area contributed by atoms with E-state index >= 15 is 0 Å². The number of fused-ring (bicyclic) bond motifs is 2. The molecule has 2 aliphatic rings. The predicted molar refractivity (Wildman–Crippen MR) is 87.3 cm³/mol. The van der Waals surface area contributed by atoms with E-state index in [2.05, 4.69) is 83.7 Å². The average molecular weight is 274 g/mol. The summed E-state index contributed by atoms with van der Waals surface area (Å²) in [6, 6.07) is 18.0. The van der Waals surface area contributed by atoms with Crippen molar-refractivity contribution in [2.24, 2.45) is 0 Å². The van der Waals surface area contributed by atoms with Crippen molar-refractivity contribution >= 4 is 12.2 Å². The van der Waals surface area contributed by atoms with Gasteiger partial charge in [-0.1, -0.05) is 48.5 Å². The summed E-state index contributed by atoms with van der Waals surface area (Å²) in [5, 5.41) is 7.02. The lowest BCUT2D eigenvalue weighted by atomic mass is 9.88. The maximum Gasteiger partial charge on any atom is 0.0537 e. The van der Waals surface area contributed by atoms with Gasteiger partial charge in [0.2, 0.25) is 0 Å². The molecule has 0 amide bonds. The second-order valence-corrected chi connectivity index (χ2v) is 5.60. The first kappa shape index (κ1) is 12.3. The summed E-state index contributed by atoms with van der Waals surface area (Å²) in [6.07, 6.45) is 9.46. The van der Waals surface area contributed by atoms with Gasteiger partial charge >= 0.3 is 0 Å². The fraction of sp³-hybridized carbons (Fsp3) is 0.158. The van der Waals surface area contributed by atoms with Crippen molar-refractivity contribution in [3.8, 4) is 0 Å². The first-order valence-corrected chi connectivity index (χ1v) is 7.45. The molecule has 2 aliphatic heterocycles. The van der Waals surface area contributed by atoms with E-state index in [1.807, 2.05) is 0 Å². The van der Waals surface area contributed by atoms with Gasteiger partial charge in [-0.2, -0.15) is 0 Å². The topological polar surface area (TPSA) is 24.1 Å². The van der Waals surface area contributed by atoms with Crippen LogP contribution in [0.15, 0.2) is 60.9 Å². The standard InChI is InChI=1S/C19H18N2/c1-3-7-16-14(5-1)9-11-20-18(16)13-19-17-8-4-2-6-15(17)10-12-21-19/h1-12,18-21H,13H2. The first-order chi connectivity index (χ1) is 10.4. The van der Waals surface area contributed by atoms with Crippen molar-refractivity contribution in [3.63, 3.8) is 0 Å². The quantitative estimate of drug-likeness (QED) is 0.864. The molecule has 0 aliphatic carbocycles. The molecule has 2 aromatic rings. The number of benzene rings is 2. The summed E-state index contributed by atoms with van der Waals surface area (Å²) in [6.45, 7) is 0. The van der Waals surface area contributed by atoms with Crippen LogP contribution in [0.5, 0.6) is 0 Å². The van der Waals surface area contributed by atoms with Crippen LogP contribution in [0, 0.1) is 0 Å². The fourth-order valence-corrected chi connectivity index (χ4v) is 3.27. The number of nitrogens with one attached hydrogen (secondary N) is 2. The lowest BCUT2D eigenvalue weighted by Gasteiger charge is -2.30.